The third kappa shape index (κ3) is 4.82. The van der Waals surface area contributed by atoms with Crippen LogP contribution in [0.25, 0.3) is 0 Å². The fraction of sp³-hybridized carbons (Fsp3) is 0.312. The van der Waals surface area contributed by atoms with Crippen molar-refractivity contribution >= 4 is 11.9 Å². The first kappa shape index (κ1) is 18.5. The van der Waals surface area contributed by atoms with E-state index in [1.807, 2.05) is 6.92 Å². The van der Waals surface area contributed by atoms with Gasteiger partial charge in [0.15, 0.2) is 0 Å². The van der Waals surface area contributed by atoms with Crippen molar-refractivity contribution in [2.24, 2.45) is 0 Å². The van der Waals surface area contributed by atoms with Crippen molar-refractivity contribution < 1.29 is 27.9 Å². The maximum atomic E-state index is 12.6. The quantitative estimate of drug-likeness (QED) is 0.834. The van der Waals surface area contributed by atoms with Crippen LogP contribution < -0.4 is 0 Å². The van der Waals surface area contributed by atoms with Crippen molar-refractivity contribution in [1.29, 1.82) is 0 Å². The molecule has 25 heavy (non-hydrogen) atoms. The number of aromatic nitrogens is 2. The predicted molar refractivity (Wildman–Crippen MR) is 81.8 cm³/mol. The molecule has 1 aromatic carbocycles. The molecule has 9 heteroatoms. The number of nitrogens with one attached hydrogen (secondary N) is 1. The van der Waals surface area contributed by atoms with Crippen molar-refractivity contribution in [1.82, 2.24) is 15.1 Å². The van der Waals surface area contributed by atoms with Gasteiger partial charge < -0.3 is 10.0 Å². The van der Waals surface area contributed by atoms with E-state index in [1.54, 1.807) is 0 Å². The van der Waals surface area contributed by atoms with E-state index in [0.717, 1.165) is 17.0 Å². The summed E-state index contributed by atoms with van der Waals surface area (Å²) < 4.78 is 37.8. The SMILES string of the molecule is CCc1cc(C(=O)N(CC(=O)O)Cc2ccc(C(F)(F)F)cc2)n[nH]1. The summed E-state index contributed by atoms with van der Waals surface area (Å²) >= 11 is 0. The fourth-order valence-corrected chi connectivity index (χ4v) is 2.20. The van der Waals surface area contributed by atoms with Crippen LogP contribution in [0.4, 0.5) is 13.2 Å². The number of rotatable bonds is 6. The van der Waals surface area contributed by atoms with Crippen LogP contribution in [-0.2, 0) is 23.9 Å². The minimum absolute atomic E-state index is 0.0602. The molecule has 0 aliphatic rings. The van der Waals surface area contributed by atoms with Gasteiger partial charge >= 0.3 is 12.1 Å². The number of carboxylic acid groups (broad SMARTS) is 1. The molecule has 1 heterocycles. The van der Waals surface area contributed by atoms with Crippen LogP contribution >= 0.6 is 0 Å². The van der Waals surface area contributed by atoms with Gasteiger partial charge in [-0.15, -0.1) is 0 Å². The van der Waals surface area contributed by atoms with E-state index in [1.165, 1.54) is 18.2 Å². The zero-order chi connectivity index (χ0) is 18.6. The Hall–Kier alpha value is -2.84. The summed E-state index contributed by atoms with van der Waals surface area (Å²) in [6.45, 7) is 1.13. The highest BCUT2D eigenvalue weighted by Gasteiger charge is 2.30. The number of carbonyl (C=O) groups is 2. The lowest BCUT2D eigenvalue weighted by molar-refractivity contribution is -0.138. The molecule has 0 saturated heterocycles. The Kier molecular flexibility index (Phi) is 5.45. The van der Waals surface area contributed by atoms with Crippen LogP contribution in [0.15, 0.2) is 30.3 Å². The molecule has 0 atom stereocenters. The van der Waals surface area contributed by atoms with Gasteiger partial charge in [-0.25, -0.2) is 0 Å². The number of H-pyrrole nitrogens is 1. The van der Waals surface area contributed by atoms with E-state index in [4.69, 9.17) is 5.11 Å². The normalized spacial score (nSPS) is 11.4. The average molecular weight is 355 g/mol. The molecule has 0 spiro atoms. The lowest BCUT2D eigenvalue weighted by atomic mass is 10.1. The van der Waals surface area contributed by atoms with Gasteiger partial charge in [0.25, 0.3) is 5.91 Å². The highest BCUT2D eigenvalue weighted by molar-refractivity contribution is 5.94. The Labute approximate surface area is 141 Å². The van der Waals surface area contributed by atoms with E-state index < -0.39 is 30.2 Å². The Balaban J connectivity index is 2.19. The second kappa shape index (κ2) is 7.37. The zero-order valence-corrected chi connectivity index (χ0v) is 13.3. The van der Waals surface area contributed by atoms with Gasteiger partial charge in [-0.3, -0.25) is 14.7 Å². The molecule has 0 fully saturated rings. The zero-order valence-electron chi connectivity index (χ0n) is 13.3. The third-order valence-corrected chi connectivity index (χ3v) is 3.50. The predicted octanol–water partition coefficient (Wildman–Crippen LogP) is 2.72. The maximum absolute atomic E-state index is 12.6. The molecule has 6 nitrogen and oxygen atoms in total. The lowest BCUT2D eigenvalue weighted by Gasteiger charge is -2.20. The van der Waals surface area contributed by atoms with Crippen molar-refractivity contribution in [3.8, 4) is 0 Å². The number of hydrogen-bond donors (Lipinski definition) is 2. The Morgan fingerprint density at radius 1 is 1.24 bits per heavy atom. The van der Waals surface area contributed by atoms with Gasteiger partial charge in [-0.05, 0) is 30.2 Å². The van der Waals surface area contributed by atoms with Crippen molar-refractivity contribution in [2.75, 3.05) is 6.54 Å². The number of hydrogen-bond acceptors (Lipinski definition) is 3. The fourth-order valence-electron chi connectivity index (χ4n) is 2.20. The molecule has 2 rings (SSSR count). The molecule has 1 aromatic heterocycles. The number of amides is 1. The van der Waals surface area contributed by atoms with E-state index in [9.17, 15) is 22.8 Å². The smallest absolute Gasteiger partial charge is 0.416 e. The monoisotopic (exact) mass is 355 g/mol. The van der Waals surface area contributed by atoms with Gasteiger partial charge in [0.05, 0.1) is 5.56 Å². The van der Waals surface area contributed by atoms with Crippen LogP contribution in [0.3, 0.4) is 0 Å². The molecule has 0 radical (unpaired) electrons. The Morgan fingerprint density at radius 3 is 2.36 bits per heavy atom. The van der Waals surface area contributed by atoms with Gasteiger partial charge in [0.1, 0.15) is 12.2 Å². The van der Waals surface area contributed by atoms with E-state index in [-0.39, 0.29) is 12.2 Å². The highest BCUT2D eigenvalue weighted by Crippen LogP contribution is 2.29. The lowest BCUT2D eigenvalue weighted by Crippen LogP contribution is -2.35. The summed E-state index contributed by atoms with van der Waals surface area (Å²) in [5.41, 5.74) is 0.347. The second-order valence-corrected chi connectivity index (χ2v) is 5.38. The molecule has 0 aliphatic carbocycles. The number of aromatic amines is 1. The van der Waals surface area contributed by atoms with E-state index >= 15 is 0 Å². The molecule has 0 aliphatic heterocycles. The maximum Gasteiger partial charge on any atom is 0.416 e. The first-order valence-corrected chi connectivity index (χ1v) is 7.42. The average Bonchev–Trinajstić information content (AvgIpc) is 3.02. The number of aryl methyl sites for hydroxylation is 1. The molecule has 0 unspecified atom stereocenters. The van der Waals surface area contributed by atoms with Gasteiger partial charge in [0.2, 0.25) is 0 Å². The van der Waals surface area contributed by atoms with Gasteiger partial charge in [-0.1, -0.05) is 19.1 Å². The Bertz CT molecular complexity index is 754. The minimum Gasteiger partial charge on any atom is -0.480 e. The van der Waals surface area contributed by atoms with Crippen LogP contribution in [0.5, 0.6) is 0 Å². The molecule has 0 saturated carbocycles. The summed E-state index contributed by atoms with van der Waals surface area (Å²) in [5.74, 6) is -1.84. The molecule has 1 amide bonds. The van der Waals surface area contributed by atoms with Crippen molar-refractivity contribution in [3.05, 3.63) is 52.8 Å². The number of halogens is 3. The van der Waals surface area contributed by atoms with Crippen LogP contribution in [0.2, 0.25) is 0 Å². The molecule has 2 N–H and O–H groups in total. The summed E-state index contributed by atoms with van der Waals surface area (Å²) in [5, 5.41) is 15.5. The van der Waals surface area contributed by atoms with Crippen LogP contribution in [0.1, 0.15) is 34.2 Å². The molecule has 134 valence electrons. The van der Waals surface area contributed by atoms with E-state index in [0.29, 0.717) is 17.7 Å². The number of carbonyl (C=O) groups excluding carboxylic acids is 1. The Morgan fingerprint density at radius 2 is 1.88 bits per heavy atom. The summed E-state index contributed by atoms with van der Waals surface area (Å²) in [7, 11) is 0. The first-order valence-electron chi connectivity index (χ1n) is 7.42. The topological polar surface area (TPSA) is 86.3 Å². The molecular formula is C16H16F3N3O3. The summed E-state index contributed by atoms with van der Waals surface area (Å²) in [6.07, 6.45) is -3.83. The summed E-state index contributed by atoms with van der Waals surface area (Å²) in [6, 6.07) is 5.73. The highest BCUT2D eigenvalue weighted by atomic mass is 19.4. The standard InChI is InChI=1S/C16H16F3N3O3/c1-2-12-7-13(21-20-12)15(25)22(9-14(23)24)8-10-3-5-11(6-4-10)16(17,18)19/h3-7H,2,8-9H2,1H3,(H,20,21)(H,23,24). The van der Waals surface area contributed by atoms with Crippen molar-refractivity contribution in [2.45, 2.75) is 26.1 Å². The number of alkyl halides is 3. The number of aliphatic carboxylic acids is 1. The number of carboxylic acids is 1. The molecular weight excluding hydrogens is 339 g/mol. The largest absolute Gasteiger partial charge is 0.480 e. The first-order chi connectivity index (χ1) is 11.7. The third-order valence-electron chi connectivity index (χ3n) is 3.50. The summed E-state index contributed by atoms with van der Waals surface area (Å²) in [4.78, 5) is 24.5. The van der Waals surface area contributed by atoms with Gasteiger partial charge in [-0.2, -0.15) is 18.3 Å². The van der Waals surface area contributed by atoms with Gasteiger partial charge in [0, 0.05) is 12.2 Å². The second-order valence-electron chi connectivity index (χ2n) is 5.38. The number of nitrogens with zero attached hydrogens (tertiary/aromatic N) is 2. The van der Waals surface area contributed by atoms with Crippen molar-refractivity contribution in [3.63, 3.8) is 0 Å². The van der Waals surface area contributed by atoms with Crippen LogP contribution in [0, 0.1) is 0 Å². The minimum atomic E-state index is -4.46. The van der Waals surface area contributed by atoms with E-state index in [2.05, 4.69) is 10.2 Å². The van der Waals surface area contributed by atoms with Crippen LogP contribution in [-0.4, -0.2) is 38.6 Å². The molecule has 0 bridgehead atoms. The number of benzene rings is 1. The molecule has 2 aromatic rings.